The molecule has 3 heterocycles. The number of hydrogen-bond donors (Lipinski definition) is 0. The Bertz CT molecular complexity index is 1120. The smallest absolute Gasteiger partial charge is 0.253 e. The number of sulfonamides is 1. The van der Waals surface area contributed by atoms with Crippen LogP contribution in [0.1, 0.15) is 31.1 Å². The van der Waals surface area contributed by atoms with Gasteiger partial charge in [-0.05, 0) is 30.4 Å². The van der Waals surface area contributed by atoms with Gasteiger partial charge in [0.25, 0.3) is 10.0 Å². The Morgan fingerprint density at radius 1 is 1.28 bits per heavy atom. The van der Waals surface area contributed by atoms with Crippen LogP contribution < -0.4 is 0 Å². The van der Waals surface area contributed by atoms with E-state index in [0.29, 0.717) is 25.9 Å². The zero-order valence-corrected chi connectivity index (χ0v) is 18.1. The molecule has 2 aromatic heterocycles. The van der Waals surface area contributed by atoms with Gasteiger partial charge in [0.1, 0.15) is 21.6 Å². The maximum Gasteiger partial charge on any atom is 0.253 e. The Balaban J connectivity index is 1.58. The van der Waals surface area contributed by atoms with Crippen molar-refractivity contribution in [3.63, 3.8) is 0 Å². The summed E-state index contributed by atoms with van der Waals surface area (Å²) in [6.45, 7) is 2.79. The molecule has 1 aliphatic heterocycles. The van der Waals surface area contributed by atoms with Crippen LogP contribution in [-0.2, 0) is 27.8 Å². The number of nitrogens with zero attached hydrogens (tertiary/aromatic N) is 2. The van der Waals surface area contributed by atoms with Crippen LogP contribution in [0.3, 0.4) is 0 Å². The van der Waals surface area contributed by atoms with Crippen LogP contribution in [0.5, 0.6) is 0 Å². The molecule has 0 aliphatic carbocycles. The lowest BCUT2D eigenvalue weighted by Crippen LogP contribution is -2.46. The number of likely N-dealkylation sites (N-methyl/N-ethyl adjacent to an activating group) is 1. The number of carbonyl (C=O) groups excluding carboxylic acids is 1. The molecule has 4 rings (SSSR count). The van der Waals surface area contributed by atoms with Crippen LogP contribution in [0.15, 0.2) is 50.4 Å². The highest BCUT2D eigenvalue weighted by atomic mass is 32.2. The molecule has 154 valence electrons. The summed E-state index contributed by atoms with van der Waals surface area (Å²) in [5.41, 5.74) is 1.80. The minimum absolute atomic E-state index is 0.171. The lowest BCUT2D eigenvalue weighted by atomic mass is 10.1. The molecule has 0 saturated carbocycles. The van der Waals surface area contributed by atoms with Crippen molar-refractivity contribution < 1.29 is 17.6 Å². The number of benzene rings is 1. The zero-order chi connectivity index (χ0) is 20.6. The molecule has 0 bridgehead atoms. The number of fused-ring (bicyclic) bond motifs is 1. The topological polar surface area (TPSA) is 70.8 Å². The fourth-order valence-corrected chi connectivity index (χ4v) is 6.75. The van der Waals surface area contributed by atoms with Crippen LogP contribution in [0.25, 0.3) is 11.0 Å². The molecule has 1 unspecified atom stereocenters. The van der Waals surface area contributed by atoms with Crippen LogP contribution in [0, 0.1) is 0 Å². The highest BCUT2D eigenvalue weighted by Gasteiger charge is 2.41. The Morgan fingerprint density at radius 2 is 2.07 bits per heavy atom. The van der Waals surface area contributed by atoms with E-state index in [1.165, 1.54) is 15.6 Å². The van der Waals surface area contributed by atoms with E-state index >= 15 is 0 Å². The molecule has 1 amide bonds. The lowest BCUT2D eigenvalue weighted by molar-refractivity contribution is -0.133. The number of para-hydroxylation sites is 1. The molecule has 0 N–H and O–H groups in total. The molecule has 29 heavy (non-hydrogen) atoms. The third-order valence-corrected chi connectivity index (χ3v) is 8.70. The summed E-state index contributed by atoms with van der Waals surface area (Å²) in [6, 6.07) is 10.4. The summed E-state index contributed by atoms with van der Waals surface area (Å²) in [6.07, 6.45) is 1.96. The largest absolute Gasteiger partial charge is 0.461 e. The van der Waals surface area contributed by atoms with Crippen molar-refractivity contribution in [2.24, 2.45) is 0 Å². The molecule has 0 radical (unpaired) electrons. The normalized spacial score (nSPS) is 17.8. The first-order valence-electron chi connectivity index (χ1n) is 9.73. The van der Waals surface area contributed by atoms with Gasteiger partial charge >= 0.3 is 0 Å². The van der Waals surface area contributed by atoms with Gasteiger partial charge in [0, 0.05) is 37.5 Å². The summed E-state index contributed by atoms with van der Waals surface area (Å²) >= 11 is 1.18. The van der Waals surface area contributed by atoms with E-state index in [1.54, 1.807) is 29.5 Å². The van der Waals surface area contributed by atoms with E-state index in [1.807, 2.05) is 31.2 Å². The van der Waals surface area contributed by atoms with Crippen molar-refractivity contribution in [3.05, 3.63) is 53.1 Å². The molecule has 6 nitrogen and oxygen atoms in total. The Labute approximate surface area is 174 Å². The number of rotatable bonds is 6. The van der Waals surface area contributed by atoms with E-state index < -0.39 is 16.1 Å². The molecule has 0 spiro atoms. The molecule has 1 fully saturated rings. The predicted molar refractivity (Wildman–Crippen MR) is 113 cm³/mol. The minimum atomic E-state index is -3.65. The van der Waals surface area contributed by atoms with Gasteiger partial charge in [-0.2, -0.15) is 4.31 Å². The van der Waals surface area contributed by atoms with Crippen molar-refractivity contribution in [3.8, 4) is 0 Å². The summed E-state index contributed by atoms with van der Waals surface area (Å²) < 4.78 is 33.5. The van der Waals surface area contributed by atoms with E-state index in [2.05, 4.69) is 0 Å². The fraction of sp³-hybridized carbons (Fsp3) is 0.381. The number of amides is 1. The van der Waals surface area contributed by atoms with Gasteiger partial charge in [0.15, 0.2) is 0 Å². The Morgan fingerprint density at radius 3 is 2.79 bits per heavy atom. The monoisotopic (exact) mass is 432 g/mol. The lowest BCUT2D eigenvalue weighted by Gasteiger charge is -2.27. The van der Waals surface area contributed by atoms with E-state index in [4.69, 9.17) is 4.42 Å². The predicted octanol–water partition coefficient (Wildman–Crippen LogP) is 3.87. The van der Waals surface area contributed by atoms with Crippen LogP contribution in [-0.4, -0.2) is 43.2 Å². The number of carbonyl (C=O) groups is 1. The molecular weight excluding hydrogens is 408 g/mol. The molecule has 1 aromatic carbocycles. The molecule has 8 heteroatoms. The minimum Gasteiger partial charge on any atom is -0.461 e. The standard InChI is InChI=1S/C21H24N2O4S2/c1-3-18-16(15-8-4-5-10-19(15)27-18)14-22(2)21(24)17-9-6-12-23(17)29(25,26)20-11-7-13-28-20/h4-5,7-8,10-11,13,17H,3,6,9,12,14H2,1-2H3. The molecule has 1 saturated heterocycles. The first-order valence-corrected chi connectivity index (χ1v) is 12.0. The Hall–Kier alpha value is -2.16. The molecule has 1 atom stereocenters. The maximum absolute atomic E-state index is 13.2. The van der Waals surface area contributed by atoms with Gasteiger partial charge in [-0.3, -0.25) is 4.79 Å². The number of aryl methyl sites for hydroxylation is 1. The average Bonchev–Trinajstić information content (AvgIpc) is 3.47. The van der Waals surface area contributed by atoms with Gasteiger partial charge in [0.2, 0.25) is 5.91 Å². The molecular formula is C21H24N2O4S2. The second-order valence-corrected chi connectivity index (χ2v) is 10.3. The SMILES string of the molecule is CCc1oc2ccccc2c1CN(C)C(=O)C1CCCN1S(=O)(=O)c1cccs1. The first-order chi connectivity index (χ1) is 13.9. The van der Waals surface area contributed by atoms with E-state index in [0.717, 1.165) is 28.7 Å². The van der Waals surface area contributed by atoms with Crippen molar-refractivity contribution >= 4 is 38.2 Å². The van der Waals surface area contributed by atoms with E-state index in [9.17, 15) is 13.2 Å². The van der Waals surface area contributed by atoms with Crippen molar-refractivity contribution in [2.75, 3.05) is 13.6 Å². The van der Waals surface area contributed by atoms with Crippen molar-refractivity contribution in [1.82, 2.24) is 9.21 Å². The van der Waals surface area contributed by atoms with Gasteiger partial charge in [-0.1, -0.05) is 31.2 Å². The fourth-order valence-electron chi connectivity index (χ4n) is 3.98. The van der Waals surface area contributed by atoms with Crippen LogP contribution in [0.2, 0.25) is 0 Å². The summed E-state index contributed by atoms with van der Waals surface area (Å²) in [7, 11) is -1.91. The number of hydrogen-bond acceptors (Lipinski definition) is 5. The van der Waals surface area contributed by atoms with Gasteiger partial charge < -0.3 is 9.32 Å². The van der Waals surface area contributed by atoms with Crippen LogP contribution >= 0.6 is 11.3 Å². The first kappa shape index (κ1) is 20.1. The molecule has 3 aromatic rings. The van der Waals surface area contributed by atoms with Crippen molar-refractivity contribution in [2.45, 2.75) is 43.0 Å². The van der Waals surface area contributed by atoms with E-state index in [-0.39, 0.29) is 10.1 Å². The van der Waals surface area contributed by atoms with Crippen LogP contribution in [0.4, 0.5) is 0 Å². The second-order valence-electron chi connectivity index (χ2n) is 7.25. The summed E-state index contributed by atoms with van der Waals surface area (Å²) in [5, 5.41) is 2.74. The second kappa shape index (κ2) is 7.93. The van der Waals surface area contributed by atoms with Crippen molar-refractivity contribution in [1.29, 1.82) is 0 Å². The summed E-state index contributed by atoms with van der Waals surface area (Å²) in [4.78, 5) is 14.9. The Kier molecular flexibility index (Phi) is 5.50. The highest BCUT2D eigenvalue weighted by Crippen LogP contribution is 2.31. The summed E-state index contributed by atoms with van der Waals surface area (Å²) in [5.74, 6) is 0.690. The van der Waals surface area contributed by atoms with Gasteiger partial charge in [-0.15, -0.1) is 11.3 Å². The third-order valence-electron chi connectivity index (χ3n) is 5.42. The third kappa shape index (κ3) is 3.60. The van der Waals surface area contributed by atoms with Gasteiger partial charge in [0.05, 0.1) is 0 Å². The van der Waals surface area contributed by atoms with Gasteiger partial charge in [-0.25, -0.2) is 8.42 Å². The number of furan rings is 1. The highest BCUT2D eigenvalue weighted by molar-refractivity contribution is 7.91. The average molecular weight is 433 g/mol. The molecule has 1 aliphatic rings. The maximum atomic E-state index is 13.2. The number of thiophene rings is 1. The quantitative estimate of drug-likeness (QED) is 0.593. The zero-order valence-electron chi connectivity index (χ0n) is 16.5.